The van der Waals surface area contributed by atoms with Crippen molar-refractivity contribution in [1.29, 1.82) is 0 Å². The predicted octanol–water partition coefficient (Wildman–Crippen LogP) is 6.03. The standard InChI is InChI=1S/C47H48O12/c48-37-26-40(56-39(31-55-45(49)35-22-12-4-13-23-35)41(37)59-46(50)36-24-14-5-15-25-36)58-42-38(30-52-27-32-16-6-1-7-17-32)57-47(51)44(54-29-34-20-10-3-11-21-34)43(42)53-28-33-18-8-2-9-19-33/h1-25,37-44,47-48,51H,26-31H2/t37-,38-,39-,40+,41-,42-,43+,44-,47-/m1/s1. The Hall–Kier alpha value is -5.28. The van der Waals surface area contributed by atoms with Crippen LogP contribution >= 0.6 is 0 Å². The molecular weight excluding hydrogens is 757 g/mol. The number of rotatable bonds is 17. The van der Waals surface area contributed by atoms with Crippen LogP contribution in [0, 0.1) is 0 Å². The topological polar surface area (TPSA) is 148 Å². The van der Waals surface area contributed by atoms with E-state index in [-0.39, 0.29) is 45.0 Å². The van der Waals surface area contributed by atoms with Crippen LogP contribution in [0.3, 0.4) is 0 Å². The van der Waals surface area contributed by atoms with Gasteiger partial charge in [0.05, 0.1) is 43.7 Å². The van der Waals surface area contributed by atoms with Crippen molar-refractivity contribution >= 4 is 11.9 Å². The predicted molar refractivity (Wildman–Crippen MR) is 214 cm³/mol. The van der Waals surface area contributed by atoms with E-state index in [2.05, 4.69) is 0 Å². The Morgan fingerprint density at radius 1 is 0.525 bits per heavy atom. The van der Waals surface area contributed by atoms with Gasteiger partial charge in [-0.15, -0.1) is 0 Å². The smallest absolute Gasteiger partial charge is 0.338 e. The van der Waals surface area contributed by atoms with Crippen molar-refractivity contribution in [3.8, 4) is 0 Å². The minimum Gasteiger partial charge on any atom is -0.459 e. The molecule has 308 valence electrons. The first kappa shape index (κ1) is 41.9. The van der Waals surface area contributed by atoms with Gasteiger partial charge in [-0.05, 0) is 41.0 Å². The van der Waals surface area contributed by atoms with Gasteiger partial charge in [-0.3, -0.25) is 0 Å². The van der Waals surface area contributed by atoms with E-state index in [4.69, 9.17) is 37.9 Å². The zero-order valence-corrected chi connectivity index (χ0v) is 32.3. The van der Waals surface area contributed by atoms with Crippen LogP contribution in [0.5, 0.6) is 0 Å². The molecule has 59 heavy (non-hydrogen) atoms. The quantitative estimate of drug-likeness (QED) is 0.106. The molecule has 0 bridgehead atoms. The average Bonchev–Trinajstić information content (AvgIpc) is 3.28. The number of esters is 2. The second-order valence-electron chi connectivity index (χ2n) is 14.3. The summed E-state index contributed by atoms with van der Waals surface area (Å²) in [7, 11) is 0. The minimum absolute atomic E-state index is 0.0159. The third kappa shape index (κ3) is 11.7. The Bertz CT molecular complexity index is 2000. The fourth-order valence-electron chi connectivity index (χ4n) is 7.00. The summed E-state index contributed by atoms with van der Waals surface area (Å²) in [5.74, 6) is -1.31. The van der Waals surface area contributed by atoms with Crippen LogP contribution in [0.4, 0.5) is 0 Å². The van der Waals surface area contributed by atoms with E-state index in [1.165, 1.54) is 0 Å². The molecule has 0 amide bonds. The van der Waals surface area contributed by atoms with Crippen molar-refractivity contribution in [3.63, 3.8) is 0 Å². The van der Waals surface area contributed by atoms with Crippen molar-refractivity contribution in [2.24, 2.45) is 0 Å². The first-order chi connectivity index (χ1) is 28.9. The van der Waals surface area contributed by atoms with Crippen molar-refractivity contribution in [2.45, 2.75) is 81.5 Å². The molecule has 12 heteroatoms. The number of hydrogen-bond donors (Lipinski definition) is 2. The maximum Gasteiger partial charge on any atom is 0.338 e. The Kier molecular flexibility index (Phi) is 15.0. The highest BCUT2D eigenvalue weighted by Crippen LogP contribution is 2.33. The lowest BCUT2D eigenvalue weighted by Gasteiger charge is -2.47. The number of carbonyl (C=O) groups is 2. The average molecular weight is 805 g/mol. The summed E-state index contributed by atoms with van der Waals surface area (Å²) < 4.78 is 49.9. The van der Waals surface area contributed by atoms with Crippen LogP contribution in [-0.2, 0) is 57.7 Å². The number of aliphatic hydroxyl groups excluding tert-OH is 2. The number of ether oxygens (including phenoxy) is 8. The highest BCUT2D eigenvalue weighted by Gasteiger charge is 2.51. The van der Waals surface area contributed by atoms with Crippen molar-refractivity contribution in [3.05, 3.63) is 179 Å². The van der Waals surface area contributed by atoms with Crippen LogP contribution < -0.4 is 0 Å². The number of benzene rings is 5. The molecule has 2 fully saturated rings. The molecule has 2 saturated heterocycles. The molecule has 2 aliphatic heterocycles. The Morgan fingerprint density at radius 3 is 1.56 bits per heavy atom. The lowest BCUT2D eigenvalue weighted by atomic mass is 9.97. The Labute approximate surface area is 343 Å². The molecule has 0 radical (unpaired) electrons. The summed E-state index contributed by atoms with van der Waals surface area (Å²) in [5, 5.41) is 23.2. The molecule has 5 aromatic carbocycles. The van der Waals surface area contributed by atoms with E-state index < -0.39 is 67.2 Å². The molecule has 0 aromatic heterocycles. The van der Waals surface area contributed by atoms with Gasteiger partial charge < -0.3 is 48.1 Å². The van der Waals surface area contributed by atoms with Crippen LogP contribution in [0.25, 0.3) is 0 Å². The van der Waals surface area contributed by atoms with E-state index in [9.17, 15) is 19.8 Å². The normalized spacial score (nSPS) is 25.5. The molecule has 2 heterocycles. The van der Waals surface area contributed by atoms with Gasteiger partial charge in [0.25, 0.3) is 0 Å². The largest absolute Gasteiger partial charge is 0.459 e. The Morgan fingerprint density at radius 2 is 1.00 bits per heavy atom. The fraction of sp³-hybridized carbons (Fsp3) is 0.319. The molecule has 0 saturated carbocycles. The molecule has 2 N–H and O–H groups in total. The summed E-state index contributed by atoms with van der Waals surface area (Å²) in [6, 6.07) is 45.5. The minimum atomic E-state index is -1.44. The summed E-state index contributed by atoms with van der Waals surface area (Å²) >= 11 is 0. The lowest BCUT2D eigenvalue weighted by Crippen LogP contribution is -2.63. The molecular formula is C47H48O12. The van der Waals surface area contributed by atoms with Crippen LogP contribution in [0.15, 0.2) is 152 Å². The van der Waals surface area contributed by atoms with Gasteiger partial charge in [0.15, 0.2) is 18.7 Å². The molecule has 5 aromatic rings. The van der Waals surface area contributed by atoms with Crippen molar-refractivity contribution < 1.29 is 57.7 Å². The van der Waals surface area contributed by atoms with Crippen LogP contribution in [-0.4, -0.2) is 90.7 Å². The molecule has 7 rings (SSSR count). The lowest BCUT2D eigenvalue weighted by molar-refractivity contribution is -0.349. The molecule has 0 aliphatic carbocycles. The summed E-state index contributed by atoms with van der Waals surface area (Å²) in [6.45, 7) is 0.149. The van der Waals surface area contributed by atoms with Gasteiger partial charge in [0.1, 0.15) is 37.1 Å². The number of carbonyl (C=O) groups excluding carboxylic acids is 2. The summed E-state index contributed by atoms with van der Waals surface area (Å²) in [4.78, 5) is 26.3. The third-order valence-corrected chi connectivity index (χ3v) is 10.0. The van der Waals surface area contributed by atoms with Gasteiger partial charge in [-0.1, -0.05) is 127 Å². The molecule has 2 aliphatic rings. The summed E-state index contributed by atoms with van der Waals surface area (Å²) in [5.41, 5.74) is 3.26. The first-order valence-electron chi connectivity index (χ1n) is 19.6. The molecule has 0 unspecified atom stereocenters. The second-order valence-corrected chi connectivity index (χ2v) is 14.3. The molecule has 12 nitrogen and oxygen atoms in total. The maximum atomic E-state index is 13.3. The molecule has 9 atom stereocenters. The second kappa shape index (κ2) is 21.1. The first-order valence-corrected chi connectivity index (χ1v) is 19.6. The SMILES string of the molecule is O=C(OC[C@H]1O[C@@H](O[C@H]2[C@H](OCc3ccccc3)[C@@H](OCc3ccccc3)[C@H](O)O[C@@H]2COCc2ccccc2)C[C@@H](O)[C@H]1OC(=O)c1ccccc1)c1ccccc1. The monoisotopic (exact) mass is 804 g/mol. The maximum absolute atomic E-state index is 13.3. The van der Waals surface area contributed by atoms with Crippen molar-refractivity contribution in [1.82, 2.24) is 0 Å². The number of aliphatic hydroxyl groups is 2. The Balaban J connectivity index is 1.15. The zero-order chi connectivity index (χ0) is 40.8. The van der Waals surface area contributed by atoms with Crippen LogP contribution in [0.2, 0.25) is 0 Å². The van der Waals surface area contributed by atoms with Gasteiger partial charge in [0, 0.05) is 6.42 Å². The summed E-state index contributed by atoms with van der Waals surface area (Å²) in [6.07, 6.45) is -10.3. The van der Waals surface area contributed by atoms with Gasteiger partial charge in [0.2, 0.25) is 0 Å². The van der Waals surface area contributed by atoms with Gasteiger partial charge in [-0.2, -0.15) is 0 Å². The van der Waals surface area contributed by atoms with Crippen molar-refractivity contribution in [2.75, 3.05) is 13.2 Å². The van der Waals surface area contributed by atoms with Gasteiger partial charge in [-0.25, -0.2) is 9.59 Å². The van der Waals surface area contributed by atoms with Crippen LogP contribution in [0.1, 0.15) is 43.8 Å². The van der Waals surface area contributed by atoms with E-state index in [1.807, 2.05) is 91.0 Å². The number of hydrogen-bond acceptors (Lipinski definition) is 12. The third-order valence-electron chi connectivity index (χ3n) is 10.0. The zero-order valence-electron chi connectivity index (χ0n) is 32.3. The van der Waals surface area contributed by atoms with E-state index >= 15 is 0 Å². The van der Waals surface area contributed by atoms with E-state index in [1.54, 1.807) is 60.7 Å². The van der Waals surface area contributed by atoms with Gasteiger partial charge >= 0.3 is 11.9 Å². The van der Waals surface area contributed by atoms with E-state index in [0.717, 1.165) is 16.7 Å². The highest BCUT2D eigenvalue weighted by molar-refractivity contribution is 5.90. The molecule has 0 spiro atoms. The van der Waals surface area contributed by atoms with E-state index in [0.29, 0.717) is 5.56 Å². The highest BCUT2D eigenvalue weighted by atomic mass is 16.7. The fourth-order valence-corrected chi connectivity index (χ4v) is 7.00.